The quantitative estimate of drug-likeness (QED) is 0.276. The summed E-state index contributed by atoms with van der Waals surface area (Å²) in [7, 11) is 0. The molecule has 0 aliphatic heterocycles. The minimum Gasteiger partial charge on any atom is -0.383 e. The standard InChI is InChI=1S/C25H27N5S2/c1-14(2)28-23(26)17-7-5-16(6-8-17)20-11-12-21(31-20)25-30-19-10-9-18(13-22(19)32-25)24(27)29-15(3)4/h5-15H,1-4H3,(H2,26,28)(H2,27,29). The molecule has 0 unspecified atom stereocenters. The highest BCUT2D eigenvalue weighted by Gasteiger charge is 2.12. The van der Waals surface area contributed by atoms with Crippen LogP contribution >= 0.6 is 22.7 Å². The molecule has 0 aliphatic rings. The van der Waals surface area contributed by atoms with Crippen LogP contribution in [-0.4, -0.2) is 28.7 Å². The molecule has 2 aromatic heterocycles. The fraction of sp³-hybridized carbons (Fsp3) is 0.240. The maximum absolute atomic E-state index is 6.15. The van der Waals surface area contributed by atoms with Crippen molar-refractivity contribution in [3.05, 3.63) is 65.7 Å². The molecule has 0 bridgehead atoms. The number of hydrogen-bond donors (Lipinski definition) is 2. The summed E-state index contributed by atoms with van der Waals surface area (Å²) in [6.07, 6.45) is 0. The van der Waals surface area contributed by atoms with Crippen molar-refractivity contribution in [3.8, 4) is 20.3 Å². The number of aromatic nitrogens is 1. The first-order valence-electron chi connectivity index (χ1n) is 10.6. The number of nitrogens with two attached hydrogens (primary N) is 2. The van der Waals surface area contributed by atoms with Crippen molar-refractivity contribution in [2.45, 2.75) is 39.8 Å². The summed E-state index contributed by atoms with van der Waals surface area (Å²) in [6.45, 7) is 8.08. The Morgan fingerprint density at radius 3 is 2.00 bits per heavy atom. The Labute approximate surface area is 196 Å². The highest BCUT2D eigenvalue weighted by Crippen LogP contribution is 2.38. The van der Waals surface area contributed by atoms with Gasteiger partial charge in [0, 0.05) is 28.1 Å². The van der Waals surface area contributed by atoms with Gasteiger partial charge in [0.2, 0.25) is 0 Å². The Kier molecular flexibility index (Phi) is 6.39. The summed E-state index contributed by atoms with van der Waals surface area (Å²) < 4.78 is 1.11. The van der Waals surface area contributed by atoms with Gasteiger partial charge in [0.25, 0.3) is 0 Å². The number of benzene rings is 2. The van der Waals surface area contributed by atoms with Gasteiger partial charge in [-0.05, 0) is 63.6 Å². The molecule has 0 fully saturated rings. The predicted octanol–water partition coefficient (Wildman–Crippen LogP) is 5.92. The predicted molar refractivity (Wildman–Crippen MR) is 140 cm³/mol. The van der Waals surface area contributed by atoms with Gasteiger partial charge in [0.15, 0.2) is 0 Å². The number of rotatable bonds is 6. The van der Waals surface area contributed by atoms with Crippen LogP contribution in [0.25, 0.3) is 30.5 Å². The maximum atomic E-state index is 6.15. The summed E-state index contributed by atoms with van der Waals surface area (Å²) in [4.78, 5) is 16.0. The summed E-state index contributed by atoms with van der Waals surface area (Å²) in [5, 5.41) is 1.01. The minimum absolute atomic E-state index is 0.167. The highest BCUT2D eigenvalue weighted by molar-refractivity contribution is 7.26. The van der Waals surface area contributed by atoms with Crippen molar-refractivity contribution in [2.75, 3.05) is 0 Å². The number of fused-ring (bicyclic) bond motifs is 1. The zero-order chi connectivity index (χ0) is 22.8. The average Bonchev–Trinajstić information content (AvgIpc) is 3.39. The van der Waals surface area contributed by atoms with Gasteiger partial charge in [-0.15, -0.1) is 22.7 Å². The third-order valence-corrected chi connectivity index (χ3v) is 7.08. The first-order valence-corrected chi connectivity index (χ1v) is 12.2. The number of nitrogens with zero attached hydrogens (tertiary/aromatic N) is 3. The van der Waals surface area contributed by atoms with E-state index in [1.54, 1.807) is 22.7 Å². The van der Waals surface area contributed by atoms with E-state index in [1.807, 2.05) is 52.0 Å². The molecule has 0 saturated carbocycles. The van der Waals surface area contributed by atoms with Crippen LogP contribution in [-0.2, 0) is 0 Å². The molecule has 4 N–H and O–H groups in total. The Hall–Kier alpha value is -3.03. The number of hydrogen-bond acceptors (Lipinski definition) is 5. The van der Waals surface area contributed by atoms with E-state index in [9.17, 15) is 0 Å². The molecule has 5 nitrogen and oxygen atoms in total. The molecule has 2 aromatic carbocycles. The van der Waals surface area contributed by atoms with E-state index in [4.69, 9.17) is 16.5 Å². The van der Waals surface area contributed by atoms with Crippen LogP contribution in [0.5, 0.6) is 0 Å². The average molecular weight is 462 g/mol. The minimum atomic E-state index is 0.167. The van der Waals surface area contributed by atoms with Crippen molar-refractivity contribution >= 4 is 44.6 Å². The lowest BCUT2D eigenvalue weighted by atomic mass is 10.1. The second-order valence-electron chi connectivity index (χ2n) is 8.16. The Morgan fingerprint density at radius 1 is 0.750 bits per heavy atom. The summed E-state index contributed by atoms with van der Waals surface area (Å²) in [5.41, 5.74) is 16.2. The number of amidine groups is 2. The van der Waals surface area contributed by atoms with Gasteiger partial charge in [-0.1, -0.05) is 24.3 Å². The molecule has 4 rings (SSSR count). The molecular formula is C25H27N5S2. The normalized spacial score (nSPS) is 12.9. The summed E-state index contributed by atoms with van der Waals surface area (Å²) in [5.74, 6) is 1.14. The smallest absolute Gasteiger partial charge is 0.134 e. The molecule has 0 spiro atoms. The van der Waals surface area contributed by atoms with E-state index in [2.05, 4.69) is 40.3 Å². The Morgan fingerprint density at radius 2 is 1.34 bits per heavy atom. The fourth-order valence-electron chi connectivity index (χ4n) is 3.31. The SMILES string of the molecule is CC(C)N=C(N)c1ccc(-c2ccc(-c3nc4ccc(C(N)=NC(C)C)cc4s3)s2)cc1. The van der Waals surface area contributed by atoms with E-state index in [-0.39, 0.29) is 12.1 Å². The number of thiazole rings is 1. The molecule has 0 atom stereocenters. The zero-order valence-electron chi connectivity index (χ0n) is 18.7. The van der Waals surface area contributed by atoms with E-state index in [0.717, 1.165) is 36.8 Å². The van der Waals surface area contributed by atoms with Crippen LogP contribution in [0.2, 0.25) is 0 Å². The largest absolute Gasteiger partial charge is 0.383 e. The second-order valence-corrected chi connectivity index (χ2v) is 10.3. The molecule has 32 heavy (non-hydrogen) atoms. The first-order chi connectivity index (χ1) is 15.3. The molecule has 0 saturated heterocycles. The van der Waals surface area contributed by atoms with Gasteiger partial charge in [-0.3, -0.25) is 9.98 Å². The van der Waals surface area contributed by atoms with Crippen molar-refractivity contribution in [3.63, 3.8) is 0 Å². The molecule has 4 aromatic rings. The van der Waals surface area contributed by atoms with Gasteiger partial charge >= 0.3 is 0 Å². The maximum Gasteiger partial charge on any atom is 0.134 e. The molecular weight excluding hydrogens is 434 g/mol. The fourth-order valence-corrected chi connectivity index (χ4v) is 5.38. The van der Waals surface area contributed by atoms with Crippen LogP contribution in [0.1, 0.15) is 38.8 Å². The van der Waals surface area contributed by atoms with Gasteiger partial charge in [-0.2, -0.15) is 0 Å². The molecule has 0 radical (unpaired) electrons. The van der Waals surface area contributed by atoms with Crippen LogP contribution in [0.3, 0.4) is 0 Å². The van der Waals surface area contributed by atoms with Crippen molar-refractivity contribution < 1.29 is 0 Å². The van der Waals surface area contributed by atoms with Gasteiger partial charge < -0.3 is 11.5 Å². The molecule has 164 valence electrons. The molecule has 2 heterocycles. The van der Waals surface area contributed by atoms with E-state index in [1.165, 1.54) is 4.88 Å². The molecule has 0 amide bonds. The summed E-state index contributed by atoms with van der Waals surface area (Å²) >= 11 is 3.41. The topological polar surface area (TPSA) is 89.6 Å². The highest BCUT2D eigenvalue weighted by atomic mass is 32.1. The van der Waals surface area contributed by atoms with E-state index < -0.39 is 0 Å². The summed E-state index contributed by atoms with van der Waals surface area (Å²) in [6, 6.07) is 18.9. The molecule has 7 heteroatoms. The van der Waals surface area contributed by atoms with Gasteiger partial charge in [-0.25, -0.2) is 4.98 Å². The lowest BCUT2D eigenvalue weighted by molar-refractivity contribution is 0.834. The van der Waals surface area contributed by atoms with Crippen molar-refractivity contribution in [1.29, 1.82) is 0 Å². The number of thiophene rings is 1. The van der Waals surface area contributed by atoms with Crippen LogP contribution in [0.15, 0.2) is 64.6 Å². The zero-order valence-corrected chi connectivity index (χ0v) is 20.3. The van der Waals surface area contributed by atoms with Gasteiger partial charge in [0.05, 0.1) is 15.1 Å². The Bertz CT molecular complexity index is 1290. The second kappa shape index (κ2) is 9.22. The van der Waals surface area contributed by atoms with Crippen LogP contribution in [0, 0.1) is 0 Å². The van der Waals surface area contributed by atoms with E-state index in [0.29, 0.717) is 11.7 Å². The van der Waals surface area contributed by atoms with E-state index >= 15 is 0 Å². The number of aliphatic imine (C=N–C) groups is 2. The Balaban J connectivity index is 1.59. The van der Waals surface area contributed by atoms with Crippen molar-refractivity contribution in [1.82, 2.24) is 4.98 Å². The molecule has 0 aliphatic carbocycles. The van der Waals surface area contributed by atoms with Crippen LogP contribution < -0.4 is 11.5 Å². The lowest BCUT2D eigenvalue weighted by Gasteiger charge is -2.04. The monoisotopic (exact) mass is 461 g/mol. The van der Waals surface area contributed by atoms with Gasteiger partial charge in [0.1, 0.15) is 16.7 Å². The van der Waals surface area contributed by atoms with Crippen molar-refractivity contribution in [2.24, 2.45) is 21.5 Å². The lowest BCUT2D eigenvalue weighted by Crippen LogP contribution is -2.15. The first kappa shape index (κ1) is 22.2. The van der Waals surface area contributed by atoms with Crippen LogP contribution in [0.4, 0.5) is 0 Å². The third-order valence-electron chi connectivity index (χ3n) is 4.76. The third kappa shape index (κ3) is 4.89.